The first-order valence-electron chi connectivity index (χ1n) is 4.50. The SMILES string of the molecule is CC(CBr)CCC1CCCO1. The average Bonchev–Trinajstić information content (AvgIpc) is 2.52. The summed E-state index contributed by atoms with van der Waals surface area (Å²) in [6, 6.07) is 0. The Labute approximate surface area is 77.6 Å². The van der Waals surface area contributed by atoms with Gasteiger partial charge in [-0.25, -0.2) is 0 Å². The number of halogens is 1. The molecule has 0 aliphatic carbocycles. The lowest BCUT2D eigenvalue weighted by Crippen LogP contribution is -2.07. The Morgan fingerprint density at radius 2 is 2.45 bits per heavy atom. The molecule has 0 N–H and O–H groups in total. The molecule has 1 aliphatic rings. The molecule has 2 heteroatoms. The average molecular weight is 221 g/mol. The van der Waals surface area contributed by atoms with Gasteiger partial charge in [-0.05, 0) is 31.6 Å². The zero-order valence-corrected chi connectivity index (χ0v) is 8.77. The number of alkyl halides is 1. The van der Waals surface area contributed by atoms with E-state index in [1.165, 1.54) is 25.7 Å². The Morgan fingerprint density at radius 1 is 1.64 bits per heavy atom. The molecule has 2 atom stereocenters. The predicted octanol–water partition coefficient (Wildman–Crippen LogP) is 2.98. The fourth-order valence-electron chi connectivity index (χ4n) is 1.42. The molecule has 0 radical (unpaired) electrons. The molecule has 0 aromatic carbocycles. The van der Waals surface area contributed by atoms with Crippen LogP contribution in [0.3, 0.4) is 0 Å². The minimum atomic E-state index is 0.580. The van der Waals surface area contributed by atoms with Crippen molar-refractivity contribution in [2.45, 2.75) is 38.7 Å². The third-order valence-electron chi connectivity index (χ3n) is 2.27. The zero-order chi connectivity index (χ0) is 8.10. The van der Waals surface area contributed by atoms with E-state index in [4.69, 9.17) is 4.74 Å². The van der Waals surface area contributed by atoms with Crippen molar-refractivity contribution in [2.75, 3.05) is 11.9 Å². The maximum Gasteiger partial charge on any atom is 0.0576 e. The molecule has 0 saturated carbocycles. The van der Waals surface area contributed by atoms with Gasteiger partial charge in [0.1, 0.15) is 0 Å². The molecule has 0 aromatic heterocycles. The molecule has 0 amide bonds. The van der Waals surface area contributed by atoms with Crippen molar-refractivity contribution < 1.29 is 4.74 Å². The molecular formula is C9H17BrO. The number of rotatable bonds is 4. The molecule has 1 saturated heterocycles. The van der Waals surface area contributed by atoms with E-state index >= 15 is 0 Å². The summed E-state index contributed by atoms with van der Waals surface area (Å²) in [5.41, 5.74) is 0. The Bertz CT molecular complexity index is 99.7. The highest BCUT2D eigenvalue weighted by atomic mass is 79.9. The number of hydrogen-bond donors (Lipinski definition) is 0. The van der Waals surface area contributed by atoms with Crippen LogP contribution in [-0.4, -0.2) is 18.0 Å². The van der Waals surface area contributed by atoms with E-state index in [2.05, 4.69) is 22.9 Å². The van der Waals surface area contributed by atoms with E-state index < -0.39 is 0 Å². The van der Waals surface area contributed by atoms with Crippen molar-refractivity contribution in [3.05, 3.63) is 0 Å². The lowest BCUT2D eigenvalue weighted by atomic mass is 10.0. The van der Waals surface area contributed by atoms with E-state index in [0.29, 0.717) is 6.10 Å². The molecule has 11 heavy (non-hydrogen) atoms. The van der Waals surface area contributed by atoms with Gasteiger partial charge in [0.15, 0.2) is 0 Å². The Balaban J connectivity index is 2.01. The second kappa shape index (κ2) is 5.15. The summed E-state index contributed by atoms with van der Waals surface area (Å²) in [5, 5.41) is 1.12. The predicted molar refractivity (Wildman–Crippen MR) is 51.2 cm³/mol. The van der Waals surface area contributed by atoms with Crippen LogP contribution in [0, 0.1) is 5.92 Å². The molecule has 0 aromatic rings. The smallest absolute Gasteiger partial charge is 0.0576 e. The largest absolute Gasteiger partial charge is 0.378 e. The summed E-state index contributed by atoms with van der Waals surface area (Å²) in [4.78, 5) is 0. The van der Waals surface area contributed by atoms with Crippen molar-refractivity contribution in [2.24, 2.45) is 5.92 Å². The van der Waals surface area contributed by atoms with Crippen LogP contribution >= 0.6 is 15.9 Å². The van der Waals surface area contributed by atoms with E-state index in [0.717, 1.165) is 17.9 Å². The summed E-state index contributed by atoms with van der Waals surface area (Å²) in [6.45, 7) is 3.27. The Kier molecular flexibility index (Phi) is 4.46. The number of ether oxygens (including phenoxy) is 1. The van der Waals surface area contributed by atoms with Crippen molar-refractivity contribution in [1.29, 1.82) is 0 Å². The topological polar surface area (TPSA) is 9.23 Å². The number of hydrogen-bond acceptors (Lipinski definition) is 1. The summed E-state index contributed by atoms with van der Waals surface area (Å²) in [5.74, 6) is 0.805. The van der Waals surface area contributed by atoms with Crippen LogP contribution in [0.25, 0.3) is 0 Å². The standard InChI is InChI=1S/C9H17BrO/c1-8(7-10)4-5-9-3-2-6-11-9/h8-9H,2-7H2,1H3. The molecule has 1 aliphatic heterocycles. The molecule has 66 valence electrons. The first-order valence-corrected chi connectivity index (χ1v) is 5.62. The van der Waals surface area contributed by atoms with E-state index in [1.54, 1.807) is 0 Å². The van der Waals surface area contributed by atoms with E-state index in [-0.39, 0.29) is 0 Å². The summed E-state index contributed by atoms with van der Waals surface area (Å²) >= 11 is 3.48. The Morgan fingerprint density at radius 3 is 3.00 bits per heavy atom. The third-order valence-corrected chi connectivity index (χ3v) is 3.37. The molecular weight excluding hydrogens is 204 g/mol. The van der Waals surface area contributed by atoms with Crippen molar-refractivity contribution in [3.63, 3.8) is 0 Å². The quantitative estimate of drug-likeness (QED) is 0.663. The summed E-state index contributed by atoms with van der Waals surface area (Å²) in [6.07, 6.45) is 5.70. The van der Waals surface area contributed by atoms with Crippen molar-refractivity contribution in [1.82, 2.24) is 0 Å². The van der Waals surface area contributed by atoms with Crippen LogP contribution in [0.15, 0.2) is 0 Å². The van der Waals surface area contributed by atoms with Crippen LogP contribution < -0.4 is 0 Å². The fraction of sp³-hybridized carbons (Fsp3) is 1.00. The minimum Gasteiger partial charge on any atom is -0.378 e. The Hall–Kier alpha value is 0.440. The normalized spacial score (nSPS) is 27.3. The third kappa shape index (κ3) is 3.57. The maximum atomic E-state index is 5.53. The van der Waals surface area contributed by atoms with Crippen LogP contribution in [-0.2, 0) is 4.74 Å². The first kappa shape index (κ1) is 9.53. The minimum absolute atomic E-state index is 0.580. The second-order valence-electron chi connectivity index (χ2n) is 3.47. The van der Waals surface area contributed by atoms with Gasteiger partial charge in [0.2, 0.25) is 0 Å². The van der Waals surface area contributed by atoms with Gasteiger partial charge < -0.3 is 4.74 Å². The van der Waals surface area contributed by atoms with Gasteiger partial charge in [-0.15, -0.1) is 0 Å². The zero-order valence-electron chi connectivity index (χ0n) is 7.18. The highest BCUT2D eigenvalue weighted by Crippen LogP contribution is 2.19. The lowest BCUT2D eigenvalue weighted by molar-refractivity contribution is 0.0996. The van der Waals surface area contributed by atoms with Gasteiger partial charge in [-0.1, -0.05) is 22.9 Å². The van der Waals surface area contributed by atoms with Crippen LogP contribution in [0.2, 0.25) is 0 Å². The van der Waals surface area contributed by atoms with Crippen molar-refractivity contribution >= 4 is 15.9 Å². The second-order valence-corrected chi connectivity index (χ2v) is 4.12. The van der Waals surface area contributed by atoms with Crippen LogP contribution in [0.4, 0.5) is 0 Å². The van der Waals surface area contributed by atoms with Gasteiger partial charge in [0.05, 0.1) is 6.10 Å². The molecule has 1 nitrogen and oxygen atoms in total. The van der Waals surface area contributed by atoms with Gasteiger partial charge >= 0.3 is 0 Å². The molecule has 1 fully saturated rings. The first-order chi connectivity index (χ1) is 5.33. The maximum absolute atomic E-state index is 5.53. The van der Waals surface area contributed by atoms with Crippen LogP contribution in [0.5, 0.6) is 0 Å². The van der Waals surface area contributed by atoms with Gasteiger partial charge in [-0.3, -0.25) is 0 Å². The summed E-state index contributed by atoms with van der Waals surface area (Å²) in [7, 11) is 0. The monoisotopic (exact) mass is 220 g/mol. The molecule has 0 spiro atoms. The van der Waals surface area contributed by atoms with E-state index in [9.17, 15) is 0 Å². The van der Waals surface area contributed by atoms with Crippen molar-refractivity contribution in [3.8, 4) is 0 Å². The van der Waals surface area contributed by atoms with Gasteiger partial charge in [-0.2, -0.15) is 0 Å². The highest BCUT2D eigenvalue weighted by Gasteiger charge is 2.15. The lowest BCUT2D eigenvalue weighted by Gasteiger charge is -2.11. The van der Waals surface area contributed by atoms with Crippen LogP contribution in [0.1, 0.15) is 32.6 Å². The molecule has 0 bridgehead atoms. The van der Waals surface area contributed by atoms with Gasteiger partial charge in [0, 0.05) is 11.9 Å². The highest BCUT2D eigenvalue weighted by molar-refractivity contribution is 9.09. The fourth-order valence-corrected chi connectivity index (χ4v) is 1.74. The van der Waals surface area contributed by atoms with E-state index in [1.807, 2.05) is 0 Å². The van der Waals surface area contributed by atoms with Gasteiger partial charge in [0.25, 0.3) is 0 Å². The molecule has 1 rings (SSSR count). The summed E-state index contributed by atoms with van der Waals surface area (Å²) < 4.78 is 5.53. The molecule has 2 unspecified atom stereocenters. The molecule has 1 heterocycles.